The molecule has 1 aromatic heterocycles. The first-order valence-electron chi connectivity index (χ1n) is 6.63. The van der Waals surface area contributed by atoms with E-state index in [-0.39, 0.29) is 11.7 Å². The highest BCUT2D eigenvalue weighted by Gasteiger charge is 2.16. The maximum absolute atomic E-state index is 11.0. The predicted molar refractivity (Wildman–Crippen MR) is 79.2 cm³/mol. The fraction of sp³-hybridized carbons (Fsp3) is 0.615. The van der Waals surface area contributed by atoms with E-state index in [9.17, 15) is 10.1 Å². The largest absolute Gasteiger partial charge is 0.383 e. The van der Waals surface area contributed by atoms with Gasteiger partial charge >= 0.3 is 0 Å². The Kier molecular flexibility index (Phi) is 6.17. The monoisotopic (exact) mass is 282 g/mol. The van der Waals surface area contributed by atoms with Crippen molar-refractivity contribution in [1.29, 1.82) is 0 Å². The molecular formula is C13H22N4O3. The van der Waals surface area contributed by atoms with E-state index in [2.05, 4.69) is 29.5 Å². The van der Waals surface area contributed by atoms with Crippen molar-refractivity contribution in [3.8, 4) is 0 Å². The van der Waals surface area contributed by atoms with Crippen LogP contribution in [0.25, 0.3) is 0 Å². The van der Waals surface area contributed by atoms with E-state index in [1.165, 1.54) is 12.1 Å². The summed E-state index contributed by atoms with van der Waals surface area (Å²) >= 11 is 0. The number of hydrogen-bond donors (Lipinski definition) is 2. The SMILES string of the molecule is CCNc1cc([N+](=O)[O-])cc(NC(COC)C(C)C)n1. The first-order valence-corrected chi connectivity index (χ1v) is 6.63. The van der Waals surface area contributed by atoms with Crippen LogP contribution in [0.15, 0.2) is 12.1 Å². The van der Waals surface area contributed by atoms with Gasteiger partial charge in [0, 0.05) is 13.7 Å². The van der Waals surface area contributed by atoms with Gasteiger partial charge in [-0.3, -0.25) is 10.1 Å². The third-order valence-corrected chi connectivity index (χ3v) is 2.86. The van der Waals surface area contributed by atoms with Gasteiger partial charge in [-0.25, -0.2) is 4.98 Å². The summed E-state index contributed by atoms with van der Waals surface area (Å²) in [6, 6.07) is 2.91. The predicted octanol–water partition coefficient (Wildman–Crippen LogP) is 2.50. The van der Waals surface area contributed by atoms with Crippen LogP contribution in [0.5, 0.6) is 0 Å². The quantitative estimate of drug-likeness (QED) is 0.562. The van der Waals surface area contributed by atoms with Gasteiger partial charge in [-0.15, -0.1) is 0 Å². The van der Waals surface area contributed by atoms with Gasteiger partial charge < -0.3 is 15.4 Å². The lowest BCUT2D eigenvalue weighted by Crippen LogP contribution is -2.30. The van der Waals surface area contributed by atoms with Crippen molar-refractivity contribution in [3.63, 3.8) is 0 Å². The normalized spacial score (nSPS) is 12.2. The Labute approximate surface area is 118 Å². The zero-order valence-electron chi connectivity index (χ0n) is 12.3. The molecule has 1 heterocycles. The van der Waals surface area contributed by atoms with Crippen LogP contribution in [0, 0.1) is 16.0 Å². The Balaban J connectivity index is 2.99. The molecule has 1 aromatic rings. The molecular weight excluding hydrogens is 260 g/mol. The van der Waals surface area contributed by atoms with Crippen LogP contribution in [0.3, 0.4) is 0 Å². The van der Waals surface area contributed by atoms with Crippen molar-refractivity contribution in [2.24, 2.45) is 5.92 Å². The molecule has 0 saturated heterocycles. The second-order valence-corrected chi connectivity index (χ2v) is 4.83. The summed E-state index contributed by atoms with van der Waals surface area (Å²) in [5, 5.41) is 17.1. The van der Waals surface area contributed by atoms with Crippen LogP contribution in [-0.4, -0.2) is 36.2 Å². The zero-order valence-corrected chi connectivity index (χ0v) is 12.3. The van der Waals surface area contributed by atoms with Crippen molar-refractivity contribution in [3.05, 3.63) is 22.2 Å². The van der Waals surface area contributed by atoms with Crippen molar-refractivity contribution >= 4 is 17.3 Å². The van der Waals surface area contributed by atoms with Crippen LogP contribution in [0.4, 0.5) is 17.3 Å². The minimum Gasteiger partial charge on any atom is -0.383 e. The van der Waals surface area contributed by atoms with Gasteiger partial charge in [-0.1, -0.05) is 13.8 Å². The zero-order chi connectivity index (χ0) is 15.1. The molecule has 0 fully saturated rings. The number of pyridine rings is 1. The standard InChI is InChI=1S/C13H22N4O3/c1-5-14-12-6-10(17(18)19)7-13(16-12)15-11(8-20-4)9(2)3/h6-7,9,11H,5,8H2,1-4H3,(H2,14,15,16). The minimum absolute atomic E-state index is 0.0124. The van der Waals surface area contributed by atoms with E-state index in [0.29, 0.717) is 30.7 Å². The number of anilines is 2. The van der Waals surface area contributed by atoms with E-state index in [0.717, 1.165) is 0 Å². The molecule has 0 radical (unpaired) electrons. The molecule has 0 spiro atoms. The van der Waals surface area contributed by atoms with Crippen LogP contribution in [0.2, 0.25) is 0 Å². The Morgan fingerprint density at radius 2 is 2.05 bits per heavy atom. The number of rotatable bonds is 8. The summed E-state index contributed by atoms with van der Waals surface area (Å²) in [7, 11) is 1.63. The summed E-state index contributed by atoms with van der Waals surface area (Å²) in [5.41, 5.74) is 0.0124. The van der Waals surface area contributed by atoms with Gasteiger partial charge in [0.25, 0.3) is 5.69 Å². The third-order valence-electron chi connectivity index (χ3n) is 2.86. The van der Waals surface area contributed by atoms with Crippen molar-refractivity contribution < 1.29 is 9.66 Å². The van der Waals surface area contributed by atoms with E-state index in [4.69, 9.17) is 4.74 Å². The van der Waals surface area contributed by atoms with Crippen molar-refractivity contribution in [2.75, 3.05) is 30.9 Å². The third kappa shape index (κ3) is 4.65. The maximum Gasteiger partial charge on any atom is 0.276 e. The average Bonchev–Trinajstić information content (AvgIpc) is 2.38. The van der Waals surface area contributed by atoms with Crippen molar-refractivity contribution in [2.45, 2.75) is 26.8 Å². The molecule has 1 rings (SSSR count). The molecule has 0 amide bonds. The van der Waals surface area contributed by atoms with Crippen LogP contribution < -0.4 is 10.6 Å². The average molecular weight is 282 g/mol. The molecule has 7 nitrogen and oxygen atoms in total. The molecule has 0 aliphatic rings. The molecule has 20 heavy (non-hydrogen) atoms. The van der Waals surface area contributed by atoms with Gasteiger partial charge in [0.15, 0.2) is 0 Å². The molecule has 0 aliphatic heterocycles. The van der Waals surface area contributed by atoms with E-state index in [1.807, 2.05) is 6.92 Å². The number of ether oxygens (including phenoxy) is 1. The maximum atomic E-state index is 11.0. The van der Waals surface area contributed by atoms with E-state index >= 15 is 0 Å². The summed E-state index contributed by atoms with van der Waals surface area (Å²) in [4.78, 5) is 14.9. The number of nitrogens with one attached hydrogen (secondary N) is 2. The first-order chi connectivity index (χ1) is 9.47. The lowest BCUT2D eigenvalue weighted by atomic mass is 10.1. The molecule has 0 saturated carbocycles. The highest BCUT2D eigenvalue weighted by Crippen LogP contribution is 2.22. The summed E-state index contributed by atoms with van der Waals surface area (Å²) in [5.74, 6) is 1.29. The molecule has 0 aromatic carbocycles. The number of methoxy groups -OCH3 is 1. The van der Waals surface area contributed by atoms with E-state index in [1.54, 1.807) is 7.11 Å². The van der Waals surface area contributed by atoms with Gasteiger partial charge in [-0.05, 0) is 12.8 Å². The lowest BCUT2D eigenvalue weighted by Gasteiger charge is -2.22. The van der Waals surface area contributed by atoms with Crippen molar-refractivity contribution in [1.82, 2.24) is 4.98 Å². The molecule has 1 unspecified atom stereocenters. The number of aromatic nitrogens is 1. The Bertz CT molecular complexity index is 451. The summed E-state index contributed by atoms with van der Waals surface area (Å²) in [6.45, 7) is 7.19. The van der Waals surface area contributed by atoms with E-state index < -0.39 is 4.92 Å². The molecule has 0 bridgehead atoms. The second kappa shape index (κ2) is 7.64. The Hall–Kier alpha value is -1.89. The van der Waals surface area contributed by atoms with Crippen LogP contribution in [-0.2, 0) is 4.74 Å². The smallest absolute Gasteiger partial charge is 0.276 e. The van der Waals surface area contributed by atoms with Gasteiger partial charge in [0.05, 0.1) is 29.7 Å². The number of hydrogen-bond acceptors (Lipinski definition) is 6. The lowest BCUT2D eigenvalue weighted by molar-refractivity contribution is -0.384. The van der Waals surface area contributed by atoms with Gasteiger partial charge in [0.2, 0.25) is 0 Å². The number of nitro groups is 1. The second-order valence-electron chi connectivity index (χ2n) is 4.83. The Morgan fingerprint density at radius 3 is 2.55 bits per heavy atom. The molecule has 112 valence electrons. The highest BCUT2D eigenvalue weighted by molar-refractivity contribution is 5.55. The van der Waals surface area contributed by atoms with Gasteiger partial charge in [0.1, 0.15) is 11.6 Å². The fourth-order valence-electron chi connectivity index (χ4n) is 1.74. The van der Waals surface area contributed by atoms with Crippen LogP contribution in [0.1, 0.15) is 20.8 Å². The fourth-order valence-corrected chi connectivity index (χ4v) is 1.74. The number of nitrogens with zero attached hydrogens (tertiary/aromatic N) is 2. The topological polar surface area (TPSA) is 89.3 Å². The molecule has 7 heteroatoms. The Morgan fingerprint density at radius 1 is 1.40 bits per heavy atom. The first kappa shape index (κ1) is 16.2. The molecule has 2 N–H and O–H groups in total. The summed E-state index contributed by atoms with van der Waals surface area (Å²) in [6.07, 6.45) is 0. The molecule has 0 aliphatic carbocycles. The van der Waals surface area contributed by atoms with Gasteiger partial charge in [-0.2, -0.15) is 0 Å². The minimum atomic E-state index is -0.422. The highest BCUT2D eigenvalue weighted by atomic mass is 16.6. The van der Waals surface area contributed by atoms with Crippen LogP contribution >= 0.6 is 0 Å². The molecule has 1 atom stereocenters. The summed E-state index contributed by atoms with van der Waals surface area (Å²) < 4.78 is 5.15.